The fourth-order valence-corrected chi connectivity index (χ4v) is 0.790. The van der Waals surface area contributed by atoms with E-state index in [2.05, 4.69) is 6.58 Å². The van der Waals surface area contributed by atoms with Crippen molar-refractivity contribution < 1.29 is 4.74 Å². The molecule has 0 aromatic heterocycles. The highest BCUT2D eigenvalue weighted by molar-refractivity contribution is 5.39. The molecule has 0 saturated heterocycles. The van der Waals surface area contributed by atoms with Crippen molar-refractivity contribution >= 4 is 5.69 Å². The van der Waals surface area contributed by atoms with E-state index in [0.717, 1.165) is 11.3 Å². The number of nitrogen functional groups attached to an aromatic ring is 1. The van der Waals surface area contributed by atoms with Gasteiger partial charge in [-0.1, -0.05) is 12.1 Å². The van der Waals surface area contributed by atoms with E-state index in [1.807, 2.05) is 24.3 Å². The second-order valence-electron chi connectivity index (χ2n) is 2.50. The van der Waals surface area contributed by atoms with Gasteiger partial charge in [0.1, 0.15) is 6.61 Å². The van der Waals surface area contributed by atoms with E-state index in [-0.39, 0.29) is 5.88 Å². The molecule has 1 aromatic carbocycles. The van der Waals surface area contributed by atoms with E-state index in [4.69, 9.17) is 16.2 Å². The molecule has 12 heavy (non-hydrogen) atoms. The van der Waals surface area contributed by atoms with Crippen molar-refractivity contribution in [1.82, 2.24) is 0 Å². The molecule has 3 nitrogen and oxygen atoms in total. The third kappa shape index (κ3) is 2.54. The maximum Gasteiger partial charge on any atom is 0.176 e. The summed E-state index contributed by atoms with van der Waals surface area (Å²) in [7, 11) is 0. The molecule has 1 rings (SSSR count). The Bertz CT molecular complexity index is 266. The number of ether oxygens (including phenoxy) is 1. The summed E-state index contributed by atoms with van der Waals surface area (Å²) in [5, 5.41) is 0. The van der Waals surface area contributed by atoms with Crippen LogP contribution in [0.2, 0.25) is 0 Å². The van der Waals surface area contributed by atoms with E-state index in [0.29, 0.717) is 6.61 Å². The summed E-state index contributed by atoms with van der Waals surface area (Å²) in [6.07, 6.45) is 0. The van der Waals surface area contributed by atoms with Crippen molar-refractivity contribution in [3.8, 4) is 0 Å². The largest absolute Gasteiger partial charge is 0.475 e. The quantitative estimate of drug-likeness (QED) is 0.521. The molecule has 0 aliphatic heterocycles. The molecular weight excluding hydrogens is 152 g/mol. The second-order valence-corrected chi connectivity index (χ2v) is 2.50. The first-order valence-electron chi connectivity index (χ1n) is 3.60. The first-order chi connectivity index (χ1) is 5.68. The fourth-order valence-electron chi connectivity index (χ4n) is 0.790. The summed E-state index contributed by atoms with van der Waals surface area (Å²) in [5.74, 6) is 0.229. The molecule has 3 heteroatoms. The maximum atomic E-state index is 5.50. The lowest BCUT2D eigenvalue weighted by Crippen LogP contribution is -2.00. The Morgan fingerprint density at radius 3 is 2.42 bits per heavy atom. The van der Waals surface area contributed by atoms with Gasteiger partial charge in [-0.25, -0.2) is 0 Å². The number of benzene rings is 1. The van der Waals surface area contributed by atoms with Gasteiger partial charge in [-0.15, -0.1) is 0 Å². The molecule has 0 unspecified atom stereocenters. The minimum Gasteiger partial charge on any atom is -0.475 e. The normalized spacial score (nSPS) is 9.33. The molecule has 4 N–H and O–H groups in total. The molecule has 0 bridgehead atoms. The smallest absolute Gasteiger partial charge is 0.176 e. The summed E-state index contributed by atoms with van der Waals surface area (Å²) in [6.45, 7) is 3.86. The highest BCUT2D eigenvalue weighted by Gasteiger charge is 1.92. The van der Waals surface area contributed by atoms with Crippen LogP contribution in [0.1, 0.15) is 5.56 Å². The number of nitrogens with two attached hydrogens (primary N) is 2. The van der Waals surface area contributed by atoms with Crippen LogP contribution in [-0.2, 0) is 11.3 Å². The van der Waals surface area contributed by atoms with Gasteiger partial charge >= 0.3 is 0 Å². The van der Waals surface area contributed by atoms with Gasteiger partial charge in [-0.2, -0.15) is 0 Å². The van der Waals surface area contributed by atoms with Crippen molar-refractivity contribution in [2.75, 3.05) is 5.73 Å². The molecule has 1 aromatic rings. The first kappa shape index (κ1) is 8.46. The number of hydrogen-bond acceptors (Lipinski definition) is 3. The van der Waals surface area contributed by atoms with Crippen LogP contribution in [0.5, 0.6) is 0 Å². The highest BCUT2D eigenvalue weighted by Crippen LogP contribution is 2.06. The Morgan fingerprint density at radius 1 is 1.33 bits per heavy atom. The fraction of sp³-hybridized carbons (Fsp3) is 0.111. The van der Waals surface area contributed by atoms with Crippen molar-refractivity contribution in [3.05, 3.63) is 42.3 Å². The molecule has 0 amide bonds. The van der Waals surface area contributed by atoms with Crippen LogP contribution >= 0.6 is 0 Å². The van der Waals surface area contributed by atoms with Crippen LogP contribution in [0.15, 0.2) is 36.7 Å². The van der Waals surface area contributed by atoms with Gasteiger partial charge in [0.2, 0.25) is 0 Å². The Balaban J connectivity index is 2.53. The zero-order chi connectivity index (χ0) is 8.97. The second kappa shape index (κ2) is 3.67. The molecule has 0 fully saturated rings. The summed E-state index contributed by atoms with van der Waals surface area (Å²) < 4.78 is 5.01. The maximum absolute atomic E-state index is 5.50. The van der Waals surface area contributed by atoms with Gasteiger partial charge in [0.25, 0.3) is 0 Å². The summed E-state index contributed by atoms with van der Waals surface area (Å²) >= 11 is 0. The molecule has 0 heterocycles. The zero-order valence-corrected chi connectivity index (χ0v) is 6.79. The van der Waals surface area contributed by atoms with Crippen LogP contribution in [0, 0.1) is 0 Å². The lowest BCUT2D eigenvalue weighted by molar-refractivity contribution is 0.197. The molecule has 0 aliphatic rings. The molecule has 0 atom stereocenters. The highest BCUT2D eigenvalue weighted by atomic mass is 16.5. The molecule has 0 spiro atoms. The topological polar surface area (TPSA) is 61.3 Å². The average Bonchev–Trinajstić information content (AvgIpc) is 2.03. The zero-order valence-electron chi connectivity index (χ0n) is 6.79. The number of hydrogen-bond donors (Lipinski definition) is 2. The lowest BCUT2D eigenvalue weighted by Gasteiger charge is -2.04. The van der Waals surface area contributed by atoms with E-state index >= 15 is 0 Å². The Kier molecular flexibility index (Phi) is 2.58. The van der Waals surface area contributed by atoms with E-state index < -0.39 is 0 Å². The van der Waals surface area contributed by atoms with Gasteiger partial charge in [0, 0.05) is 5.69 Å². The van der Waals surface area contributed by atoms with E-state index in [1.165, 1.54) is 0 Å². The van der Waals surface area contributed by atoms with Gasteiger partial charge in [-0.05, 0) is 24.3 Å². The Labute approximate surface area is 71.6 Å². The molecule has 64 valence electrons. The predicted octanol–water partition coefficient (Wildman–Crippen LogP) is 1.22. The lowest BCUT2D eigenvalue weighted by atomic mass is 10.2. The summed E-state index contributed by atoms with van der Waals surface area (Å²) in [5.41, 5.74) is 12.5. The Hall–Kier alpha value is -1.64. The van der Waals surface area contributed by atoms with Crippen molar-refractivity contribution in [3.63, 3.8) is 0 Å². The van der Waals surface area contributed by atoms with Crippen LogP contribution in [0.3, 0.4) is 0 Å². The predicted molar refractivity (Wildman–Crippen MR) is 49.0 cm³/mol. The van der Waals surface area contributed by atoms with Gasteiger partial charge in [-0.3, -0.25) is 0 Å². The van der Waals surface area contributed by atoms with Gasteiger partial charge < -0.3 is 16.2 Å². The van der Waals surface area contributed by atoms with Crippen LogP contribution in [0.4, 0.5) is 5.69 Å². The standard InChI is InChI=1S/C9H12N2O/c1-7(10)12-6-8-2-4-9(11)5-3-8/h2-5H,1,6,10-11H2. The average molecular weight is 164 g/mol. The van der Waals surface area contributed by atoms with E-state index in [1.54, 1.807) is 0 Å². The van der Waals surface area contributed by atoms with Crippen LogP contribution < -0.4 is 11.5 Å². The van der Waals surface area contributed by atoms with E-state index in [9.17, 15) is 0 Å². The van der Waals surface area contributed by atoms with Crippen molar-refractivity contribution in [2.45, 2.75) is 6.61 Å². The summed E-state index contributed by atoms with van der Waals surface area (Å²) in [6, 6.07) is 7.41. The van der Waals surface area contributed by atoms with Gasteiger partial charge in [0.05, 0.1) is 0 Å². The van der Waals surface area contributed by atoms with Crippen LogP contribution in [0.25, 0.3) is 0 Å². The van der Waals surface area contributed by atoms with Gasteiger partial charge in [0.15, 0.2) is 5.88 Å². The molecule has 0 aliphatic carbocycles. The SMILES string of the molecule is C=C(N)OCc1ccc(N)cc1. The monoisotopic (exact) mass is 164 g/mol. The minimum atomic E-state index is 0.229. The Morgan fingerprint density at radius 2 is 1.92 bits per heavy atom. The third-order valence-corrected chi connectivity index (χ3v) is 1.40. The molecular formula is C9H12N2O. The number of anilines is 1. The number of rotatable bonds is 3. The molecule has 0 saturated carbocycles. The first-order valence-corrected chi connectivity index (χ1v) is 3.60. The van der Waals surface area contributed by atoms with Crippen molar-refractivity contribution in [2.24, 2.45) is 5.73 Å². The van der Waals surface area contributed by atoms with Crippen LogP contribution in [-0.4, -0.2) is 0 Å². The molecule has 0 radical (unpaired) electrons. The third-order valence-electron chi connectivity index (χ3n) is 1.40. The summed E-state index contributed by atoms with van der Waals surface area (Å²) in [4.78, 5) is 0. The minimum absolute atomic E-state index is 0.229. The van der Waals surface area contributed by atoms with Crippen molar-refractivity contribution in [1.29, 1.82) is 0 Å².